The van der Waals surface area contributed by atoms with Gasteiger partial charge in [-0.05, 0) is 37.6 Å². The smallest absolute Gasteiger partial charge is 0.255 e. The summed E-state index contributed by atoms with van der Waals surface area (Å²) in [5.41, 5.74) is 1.77. The van der Waals surface area contributed by atoms with E-state index in [4.69, 9.17) is 23.2 Å². The zero-order valence-electron chi connectivity index (χ0n) is 17.6. The molecule has 2 amide bonds. The highest BCUT2D eigenvalue weighted by Crippen LogP contribution is 2.22. The van der Waals surface area contributed by atoms with Gasteiger partial charge in [-0.15, -0.1) is 0 Å². The topological polar surface area (TPSA) is 58.4 Å². The number of hydrogen-bond acceptors (Lipinski definition) is 3. The highest BCUT2D eigenvalue weighted by molar-refractivity contribution is 6.33. The van der Waals surface area contributed by atoms with Crippen molar-refractivity contribution in [1.82, 2.24) is 19.6 Å². The lowest BCUT2D eigenvalue weighted by Gasteiger charge is -2.34. The van der Waals surface area contributed by atoms with Gasteiger partial charge in [0, 0.05) is 44.4 Å². The Morgan fingerprint density at radius 2 is 1.84 bits per heavy atom. The van der Waals surface area contributed by atoms with Gasteiger partial charge in [-0.1, -0.05) is 36.5 Å². The summed E-state index contributed by atoms with van der Waals surface area (Å²) in [6.07, 6.45) is 5.22. The van der Waals surface area contributed by atoms with Gasteiger partial charge in [0.25, 0.3) is 5.91 Å². The molecule has 0 atom stereocenters. The maximum atomic E-state index is 13.2. The Balaban J connectivity index is 1.59. The number of amides is 2. The molecule has 1 aliphatic rings. The molecule has 3 rings (SSSR count). The molecular weight excluding hydrogens is 442 g/mol. The van der Waals surface area contributed by atoms with Crippen LogP contribution in [0, 0.1) is 12.7 Å². The average Bonchev–Trinajstić information content (AvgIpc) is 3.02. The van der Waals surface area contributed by atoms with Crippen molar-refractivity contribution in [3.63, 3.8) is 0 Å². The first-order chi connectivity index (χ1) is 14.8. The summed E-state index contributed by atoms with van der Waals surface area (Å²) in [7, 11) is 0. The number of halogens is 3. The second kappa shape index (κ2) is 10.3. The summed E-state index contributed by atoms with van der Waals surface area (Å²) in [5, 5.41) is 5.05. The van der Waals surface area contributed by atoms with Crippen LogP contribution in [0.25, 0.3) is 6.08 Å². The first-order valence-corrected chi connectivity index (χ1v) is 11.0. The number of hydrogen-bond donors (Lipinski definition) is 0. The molecule has 31 heavy (non-hydrogen) atoms. The van der Waals surface area contributed by atoms with Crippen LogP contribution in [0.1, 0.15) is 41.4 Å². The minimum Gasteiger partial charge on any atom is -0.336 e. The normalized spacial score (nSPS) is 14.5. The minimum atomic E-state index is -0.491. The summed E-state index contributed by atoms with van der Waals surface area (Å²) in [6.45, 7) is 6.26. The van der Waals surface area contributed by atoms with Crippen LogP contribution >= 0.6 is 23.2 Å². The van der Waals surface area contributed by atoms with Crippen LogP contribution in [0.4, 0.5) is 4.39 Å². The van der Waals surface area contributed by atoms with Crippen LogP contribution in [-0.4, -0.2) is 57.6 Å². The molecule has 0 bridgehead atoms. The maximum Gasteiger partial charge on any atom is 0.255 e. The number of aryl methyl sites for hydroxylation is 2. The molecule has 1 saturated heterocycles. The van der Waals surface area contributed by atoms with E-state index in [1.54, 1.807) is 20.6 Å². The fourth-order valence-corrected chi connectivity index (χ4v) is 4.01. The standard InChI is InChI=1S/C22H25Cl2FN4O2/c1-3-4-9-29-21(24)17(15(2)26-29)7-8-20(30)27-10-12-28(13-11-27)22(31)18-6-5-16(25)14-19(18)23/h5-8,14H,3-4,9-13H2,1-2H3/b8-7+. The van der Waals surface area contributed by atoms with Gasteiger partial charge < -0.3 is 9.80 Å². The molecular formula is C22H25Cl2FN4O2. The molecule has 0 saturated carbocycles. The lowest BCUT2D eigenvalue weighted by atomic mass is 10.1. The highest BCUT2D eigenvalue weighted by Gasteiger charge is 2.25. The van der Waals surface area contributed by atoms with Crippen LogP contribution in [-0.2, 0) is 11.3 Å². The van der Waals surface area contributed by atoms with Gasteiger partial charge in [0.15, 0.2) is 0 Å². The minimum absolute atomic E-state index is 0.0816. The van der Waals surface area contributed by atoms with Gasteiger partial charge in [-0.3, -0.25) is 14.3 Å². The number of nitrogens with zero attached hydrogens (tertiary/aromatic N) is 4. The molecule has 2 aromatic rings. The van der Waals surface area contributed by atoms with Gasteiger partial charge in [0.1, 0.15) is 11.0 Å². The van der Waals surface area contributed by atoms with E-state index in [0.29, 0.717) is 31.3 Å². The average molecular weight is 467 g/mol. The van der Waals surface area contributed by atoms with Crippen molar-refractivity contribution >= 4 is 41.1 Å². The third-order valence-corrected chi connectivity index (χ3v) is 5.98. The van der Waals surface area contributed by atoms with E-state index < -0.39 is 5.82 Å². The van der Waals surface area contributed by atoms with E-state index in [1.807, 2.05) is 6.92 Å². The zero-order chi connectivity index (χ0) is 22.5. The van der Waals surface area contributed by atoms with Gasteiger partial charge >= 0.3 is 0 Å². The van der Waals surface area contributed by atoms with Crippen molar-refractivity contribution in [2.75, 3.05) is 26.2 Å². The molecule has 6 nitrogen and oxygen atoms in total. The van der Waals surface area contributed by atoms with E-state index in [2.05, 4.69) is 12.0 Å². The van der Waals surface area contributed by atoms with Crippen molar-refractivity contribution < 1.29 is 14.0 Å². The third kappa shape index (κ3) is 5.46. The number of carbonyl (C=O) groups is 2. The molecule has 1 aliphatic heterocycles. The number of carbonyl (C=O) groups excluding carboxylic acids is 2. The van der Waals surface area contributed by atoms with Gasteiger partial charge in [-0.25, -0.2) is 4.39 Å². The summed E-state index contributed by atoms with van der Waals surface area (Å²) in [5.74, 6) is -0.909. The lowest BCUT2D eigenvalue weighted by molar-refractivity contribution is -0.127. The maximum absolute atomic E-state index is 13.2. The Bertz CT molecular complexity index is 998. The van der Waals surface area contributed by atoms with Crippen molar-refractivity contribution in [2.24, 2.45) is 0 Å². The van der Waals surface area contributed by atoms with Crippen LogP contribution in [0.2, 0.25) is 10.2 Å². The molecule has 166 valence electrons. The van der Waals surface area contributed by atoms with E-state index >= 15 is 0 Å². The number of piperazine rings is 1. The number of unbranched alkanes of at least 4 members (excludes halogenated alkanes) is 1. The fraction of sp³-hybridized carbons (Fsp3) is 0.409. The van der Waals surface area contributed by atoms with Crippen molar-refractivity contribution in [2.45, 2.75) is 33.2 Å². The number of rotatable bonds is 6. The van der Waals surface area contributed by atoms with Gasteiger partial charge in [0.2, 0.25) is 5.91 Å². The Kier molecular flexibility index (Phi) is 7.73. The summed E-state index contributed by atoms with van der Waals surface area (Å²) in [4.78, 5) is 28.6. The van der Waals surface area contributed by atoms with Crippen LogP contribution < -0.4 is 0 Å². The molecule has 1 fully saturated rings. The lowest BCUT2D eigenvalue weighted by Crippen LogP contribution is -2.50. The summed E-state index contributed by atoms with van der Waals surface area (Å²) in [6, 6.07) is 3.71. The predicted molar refractivity (Wildman–Crippen MR) is 120 cm³/mol. The van der Waals surface area contributed by atoms with E-state index in [-0.39, 0.29) is 22.4 Å². The monoisotopic (exact) mass is 466 g/mol. The van der Waals surface area contributed by atoms with Gasteiger partial charge in [-0.2, -0.15) is 5.10 Å². The second-order valence-corrected chi connectivity index (χ2v) is 8.21. The Hall–Kier alpha value is -2.38. The molecule has 2 heterocycles. The van der Waals surface area contributed by atoms with E-state index in [1.165, 1.54) is 18.2 Å². The van der Waals surface area contributed by atoms with Crippen molar-refractivity contribution in [3.8, 4) is 0 Å². The molecule has 0 spiro atoms. The van der Waals surface area contributed by atoms with Crippen LogP contribution in [0.5, 0.6) is 0 Å². The second-order valence-electron chi connectivity index (χ2n) is 7.44. The SMILES string of the molecule is CCCCn1nc(C)c(/C=C/C(=O)N2CCN(C(=O)c3ccc(F)cc3Cl)CC2)c1Cl. The van der Waals surface area contributed by atoms with E-state index in [0.717, 1.165) is 36.7 Å². The van der Waals surface area contributed by atoms with Crippen LogP contribution in [0.3, 0.4) is 0 Å². The molecule has 0 aliphatic carbocycles. The fourth-order valence-electron chi connectivity index (χ4n) is 3.44. The Morgan fingerprint density at radius 1 is 1.16 bits per heavy atom. The predicted octanol–water partition coefficient (Wildman–Crippen LogP) is 4.44. The number of aromatic nitrogens is 2. The highest BCUT2D eigenvalue weighted by atomic mass is 35.5. The molecule has 0 radical (unpaired) electrons. The summed E-state index contributed by atoms with van der Waals surface area (Å²) < 4.78 is 15.0. The Labute approximate surface area is 191 Å². The van der Waals surface area contributed by atoms with E-state index in [9.17, 15) is 14.0 Å². The molecule has 1 aromatic carbocycles. The van der Waals surface area contributed by atoms with Crippen molar-refractivity contribution in [1.29, 1.82) is 0 Å². The number of benzene rings is 1. The summed E-state index contributed by atoms with van der Waals surface area (Å²) >= 11 is 12.4. The molecule has 0 N–H and O–H groups in total. The molecule has 0 unspecified atom stereocenters. The van der Waals surface area contributed by atoms with Crippen LogP contribution in [0.15, 0.2) is 24.3 Å². The van der Waals surface area contributed by atoms with Crippen molar-refractivity contribution in [3.05, 3.63) is 57.1 Å². The molecule has 1 aromatic heterocycles. The first-order valence-electron chi connectivity index (χ1n) is 10.3. The largest absolute Gasteiger partial charge is 0.336 e. The zero-order valence-corrected chi connectivity index (χ0v) is 19.1. The molecule has 9 heteroatoms. The van der Waals surface area contributed by atoms with Gasteiger partial charge in [0.05, 0.1) is 16.3 Å². The third-order valence-electron chi connectivity index (χ3n) is 5.27. The Morgan fingerprint density at radius 3 is 2.48 bits per heavy atom. The quantitative estimate of drug-likeness (QED) is 0.591. The first kappa shape index (κ1) is 23.3.